The second-order valence-corrected chi connectivity index (χ2v) is 10.2. The van der Waals surface area contributed by atoms with E-state index in [2.05, 4.69) is 69.2 Å². The summed E-state index contributed by atoms with van der Waals surface area (Å²) in [6.45, 7) is 19.6. The third-order valence-electron chi connectivity index (χ3n) is 6.63. The Labute approximate surface area is 231 Å². The monoisotopic (exact) mass is 519 g/mol. The van der Waals surface area contributed by atoms with Gasteiger partial charge in [-0.15, -0.1) is 0 Å². The summed E-state index contributed by atoms with van der Waals surface area (Å²) in [5.74, 6) is 0.720. The number of allylic oxidation sites excluding steroid dienone is 2. The van der Waals surface area contributed by atoms with Gasteiger partial charge in [-0.1, -0.05) is 88.2 Å². The third-order valence-corrected chi connectivity index (χ3v) is 6.63. The van der Waals surface area contributed by atoms with E-state index in [1.54, 1.807) is 12.1 Å². The van der Waals surface area contributed by atoms with Crippen LogP contribution in [0.25, 0.3) is 16.7 Å². The molecule has 3 nitrogen and oxygen atoms in total. The Kier molecular flexibility index (Phi) is 16.6. The maximum absolute atomic E-state index is 12.5. The number of hydrogen-bond acceptors (Lipinski definition) is 2. The smallest absolute Gasteiger partial charge is 0.123 e. The molecule has 2 aromatic carbocycles. The zero-order chi connectivity index (χ0) is 28.3. The van der Waals surface area contributed by atoms with E-state index in [9.17, 15) is 4.39 Å². The van der Waals surface area contributed by atoms with Gasteiger partial charge in [0.1, 0.15) is 5.82 Å². The number of aromatic amines is 1. The standard InChI is InChI=1S/C13H14N2.C12H25N.C9H11F/c1-9(2)11-4-5-13(10(3)6-11)12-7-14-15-8-12;1-4-11(2)8-9-12(3)7-5-6-10-13;1-2-4-8-5-3-6-9(10)7-8/h4-8H,1H2,2-3H3,(H,14,15);11H,3-10,13H2,1-2H3;3,5-7H,2,4H2,1H3/t;11-;/m.0./s1. The molecule has 3 aromatic rings. The molecular weight excluding hydrogens is 469 g/mol. The van der Waals surface area contributed by atoms with Gasteiger partial charge < -0.3 is 5.73 Å². The van der Waals surface area contributed by atoms with Gasteiger partial charge in [0.05, 0.1) is 6.20 Å². The van der Waals surface area contributed by atoms with Crippen molar-refractivity contribution in [2.24, 2.45) is 11.7 Å². The molecule has 1 aromatic heterocycles. The van der Waals surface area contributed by atoms with Crippen molar-refractivity contribution >= 4 is 5.57 Å². The lowest BCUT2D eigenvalue weighted by Crippen LogP contribution is -1.98. The molecule has 1 atom stereocenters. The van der Waals surface area contributed by atoms with E-state index in [4.69, 9.17) is 5.73 Å². The number of nitrogens with two attached hydrogens (primary N) is 1. The second-order valence-electron chi connectivity index (χ2n) is 10.2. The molecule has 0 aliphatic heterocycles. The Morgan fingerprint density at radius 1 is 1.08 bits per heavy atom. The molecular formula is C34H50FN3. The number of aryl methyl sites for hydroxylation is 2. The van der Waals surface area contributed by atoms with E-state index in [0.29, 0.717) is 0 Å². The predicted octanol–water partition coefficient (Wildman–Crippen LogP) is 9.69. The molecule has 3 rings (SSSR count). The Morgan fingerprint density at radius 2 is 1.84 bits per heavy atom. The molecule has 1 heterocycles. The van der Waals surface area contributed by atoms with Gasteiger partial charge in [0.2, 0.25) is 0 Å². The minimum Gasteiger partial charge on any atom is -0.330 e. The lowest BCUT2D eigenvalue weighted by Gasteiger charge is -2.09. The second kappa shape index (κ2) is 19.1. The first-order valence-electron chi connectivity index (χ1n) is 14.1. The molecule has 0 aliphatic rings. The van der Waals surface area contributed by atoms with E-state index >= 15 is 0 Å². The normalized spacial score (nSPS) is 11.0. The van der Waals surface area contributed by atoms with Crippen LogP contribution in [0.2, 0.25) is 0 Å². The highest BCUT2D eigenvalue weighted by Crippen LogP contribution is 2.25. The Morgan fingerprint density at radius 3 is 2.39 bits per heavy atom. The van der Waals surface area contributed by atoms with Crippen LogP contribution in [0.1, 0.15) is 89.3 Å². The average molecular weight is 520 g/mol. The van der Waals surface area contributed by atoms with Crippen molar-refractivity contribution in [3.8, 4) is 11.1 Å². The number of aromatic nitrogens is 2. The van der Waals surface area contributed by atoms with Crippen LogP contribution in [-0.4, -0.2) is 16.7 Å². The number of benzene rings is 2. The van der Waals surface area contributed by atoms with Crippen LogP contribution in [0.3, 0.4) is 0 Å². The summed E-state index contributed by atoms with van der Waals surface area (Å²) in [5.41, 5.74) is 13.8. The number of hydrogen-bond donors (Lipinski definition) is 2. The van der Waals surface area contributed by atoms with E-state index in [1.807, 2.05) is 25.4 Å². The van der Waals surface area contributed by atoms with Crippen molar-refractivity contribution in [3.05, 3.63) is 96.1 Å². The lowest BCUT2D eigenvalue weighted by atomic mass is 9.97. The van der Waals surface area contributed by atoms with Gasteiger partial charge in [0.15, 0.2) is 0 Å². The highest BCUT2D eigenvalue weighted by atomic mass is 19.1. The molecule has 4 heteroatoms. The van der Waals surface area contributed by atoms with E-state index < -0.39 is 0 Å². The molecule has 0 aliphatic carbocycles. The first-order chi connectivity index (χ1) is 18.2. The largest absolute Gasteiger partial charge is 0.330 e. The van der Waals surface area contributed by atoms with Crippen LogP contribution >= 0.6 is 0 Å². The molecule has 0 unspecified atom stereocenters. The number of unbranched alkanes of at least 4 members (excludes halogenated alkanes) is 1. The molecule has 0 fully saturated rings. The van der Waals surface area contributed by atoms with E-state index in [1.165, 1.54) is 60.4 Å². The van der Waals surface area contributed by atoms with Crippen LogP contribution in [-0.2, 0) is 6.42 Å². The molecule has 0 saturated heterocycles. The summed E-state index contributed by atoms with van der Waals surface area (Å²) in [5, 5.41) is 6.78. The number of nitrogens with zero attached hydrogens (tertiary/aromatic N) is 1. The van der Waals surface area contributed by atoms with Crippen molar-refractivity contribution in [1.82, 2.24) is 10.2 Å². The molecule has 3 N–H and O–H groups in total. The summed E-state index contributed by atoms with van der Waals surface area (Å²) in [4.78, 5) is 0. The highest BCUT2D eigenvalue weighted by molar-refractivity contribution is 5.71. The quantitative estimate of drug-likeness (QED) is 0.185. The van der Waals surface area contributed by atoms with Gasteiger partial charge in [0, 0.05) is 11.8 Å². The third kappa shape index (κ3) is 13.5. The van der Waals surface area contributed by atoms with Crippen LogP contribution in [0.15, 0.2) is 73.6 Å². The number of H-pyrrole nitrogens is 1. The van der Waals surface area contributed by atoms with Gasteiger partial charge in [0.25, 0.3) is 0 Å². The minimum atomic E-state index is -0.133. The van der Waals surface area contributed by atoms with Crippen molar-refractivity contribution in [2.45, 2.75) is 86.0 Å². The summed E-state index contributed by atoms with van der Waals surface area (Å²) in [7, 11) is 0. The fourth-order valence-corrected chi connectivity index (χ4v) is 3.93. The molecule has 0 bridgehead atoms. The van der Waals surface area contributed by atoms with Gasteiger partial charge in [-0.3, -0.25) is 5.10 Å². The maximum Gasteiger partial charge on any atom is 0.123 e. The van der Waals surface area contributed by atoms with Crippen LogP contribution < -0.4 is 5.73 Å². The first kappa shape index (κ1) is 33.0. The first-order valence-corrected chi connectivity index (χ1v) is 14.1. The molecule has 0 spiro atoms. The number of nitrogens with one attached hydrogen (secondary N) is 1. The van der Waals surface area contributed by atoms with Crippen LogP contribution in [0.4, 0.5) is 4.39 Å². The van der Waals surface area contributed by atoms with Gasteiger partial charge in [-0.05, 0) is 99.2 Å². The van der Waals surface area contributed by atoms with E-state index in [-0.39, 0.29) is 5.82 Å². The molecule has 208 valence electrons. The van der Waals surface area contributed by atoms with Crippen molar-refractivity contribution < 1.29 is 4.39 Å². The summed E-state index contributed by atoms with van der Waals surface area (Å²) in [6, 6.07) is 13.1. The highest BCUT2D eigenvalue weighted by Gasteiger charge is 2.04. The minimum absolute atomic E-state index is 0.133. The fraction of sp³-hybridized carbons (Fsp3) is 0.441. The number of rotatable bonds is 12. The van der Waals surface area contributed by atoms with Crippen molar-refractivity contribution in [1.29, 1.82) is 0 Å². The Bertz CT molecular complexity index is 1070. The molecule has 0 saturated carbocycles. The number of halogens is 1. The van der Waals surface area contributed by atoms with Gasteiger partial charge in [-0.2, -0.15) is 5.10 Å². The zero-order valence-electron chi connectivity index (χ0n) is 24.5. The van der Waals surface area contributed by atoms with Gasteiger partial charge in [-0.25, -0.2) is 4.39 Å². The maximum atomic E-state index is 12.5. The zero-order valence-corrected chi connectivity index (χ0v) is 24.5. The fourth-order valence-electron chi connectivity index (χ4n) is 3.93. The van der Waals surface area contributed by atoms with Crippen molar-refractivity contribution in [3.63, 3.8) is 0 Å². The molecule has 0 amide bonds. The molecule has 38 heavy (non-hydrogen) atoms. The van der Waals surface area contributed by atoms with Crippen LogP contribution in [0, 0.1) is 18.7 Å². The van der Waals surface area contributed by atoms with E-state index in [0.717, 1.165) is 48.4 Å². The van der Waals surface area contributed by atoms with Crippen LogP contribution in [0.5, 0.6) is 0 Å². The summed E-state index contributed by atoms with van der Waals surface area (Å²) < 4.78 is 12.5. The Hall–Kier alpha value is -2.98. The SMILES string of the molecule is C=C(C)c1ccc(-c2cn[nH]c2)c(C)c1.C=C(CCCCN)CC[C@@H](C)CC.CCCc1cccc(F)c1. The summed E-state index contributed by atoms with van der Waals surface area (Å²) in [6.07, 6.45) is 13.1. The van der Waals surface area contributed by atoms with Crippen molar-refractivity contribution in [2.75, 3.05) is 6.54 Å². The topological polar surface area (TPSA) is 54.7 Å². The van der Waals surface area contributed by atoms with Gasteiger partial charge >= 0.3 is 0 Å². The molecule has 0 radical (unpaired) electrons. The average Bonchev–Trinajstić information content (AvgIpc) is 3.43. The lowest BCUT2D eigenvalue weighted by molar-refractivity contribution is 0.509. The Balaban J connectivity index is 0.000000291. The summed E-state index contributed by atoms with van der Waals surface area (Å²) >= 11 is 0. The predicted molar refractivity (Wildman–Crippen MR) is 165 cm³/mol.